The fourth-order valence-electron chi connectivity index (χ4n) is 1.31. The smallest absolute Gasteiger partial charge is 0.0845 e. The van der Waals surface area contributed by atoms with Crippen molar-refractivity contribution in [2.45, 2.75) is 25.3 Å². The SMILES string of the molecule is COCCC(C)(N)Cc1cn(C)nn1. The maximum atomic E-state index is 6.09. The lowest BCUT2D eigenvalue weighted by molar-refractivity contribution is 0.171. The molecular weight excluding hydrogens is 180 g/mol. The first-order valence-electron chi connectivity index (χ1n) is 4.66. The fourth-order valence-corrected chi connectivity index (χ4v) is 1.31. The normalized spacial score (nSPS) is 15.4. The Morgan fingerprint density at radius 3 is 2.86 bits per heavy atom. The Kier molecular flexibility index (Phi) is 3.60. The van der Waals surface area contributed by atoms with Gasteiger partial charge in [-0.3, -0.25) is 4.68 Å². The molecule has 0 spiro atoms. The fraction of sp³-hybridized carbons (Fsp3) is 0.778. The predicted octanol–water partition coefficient (Wildman–Crippen LogP) is 0.111. The van der Waals surface area contributed by atoms with Crippen molar-refractivity contribution in [3.8, 4) is 0 Å². The van der Waals surface area contributed by atoms with E-state index in [2.05, 4.69) is 10.3 Å². The Morgan fingerprint density at radius 2 is 2.36 bits per heavy atom. The van der Waals surface area contributed by atoms with Gasteiger partial charge in [-0.05, 0) is 13.3 Å². The molecule has 1 unspecified atom stereocenters. The van der Waals surface area contributed by atoms with E-state index in [1.54, 1.807) is 11.8 Å². The molecule has 5 nitrogen and oxygen atoms in total. The van der Waals surface area contributed by atoms with Crippen LogP contribution < -0.4 is 5.73 Å². The summed E-state index contributed by atoms with van der Waals surface area (Å²) in [7, 11) is 3.53. The van der Waals surface area contributed by atoms with Crippen LogP contribution in [0.5, 0.6) is 0 Å². The van der Waals surface area contributed by atoms with Crippen molar-refractivity contribution in [1.29, 1.82) is 0 Å². The zero-order chi connectivity index (χ0) is 10.6. The molecule has 0 fully saturated rings. The molecule has 1 atom stereocenters. The minimum atomic E-state index is -0.272. The van der Waals surface area contributed by atoms with Gasteiger partial charge >= 0.3 is 0 Å². The zero-order valence-electron chi connectivity index (χ0n) is 9.03. The summed E-state index contributed by atoms with van der Waals surface area (Å²) in [5, 5.41) is 7.86. The number of aryl methyl sites for hydroxylation is 1. The number of nitrogens with two attached hydrogens (primary N) is 1. The minimum absolute atomic E-state index is 0.272. The highest BCUT2D eigenvalue weighted by Gasteiger charge is 2.20. The summed E-state index contributed by atoms with van der Waals surface area (Å²) in [6, 6.07) is 0. The van der Waals surface area contributed by atoms with Gasteiger partial charge in [0.1, 0.15) is 0 Å². The van der Waals surface area contributed by atoms with Crippen molar-refractivity contribution in [2.75, 3.05) is 13.7 Å². The zero-order valence-corrected chi connectivity index (χ0v) is 9.03. The lowest BCUT2D eigenvalue weighted by Gasteiger charge is -2.22. The number of ether oxygens (including phenoxy) is 1. The number of aromatic nitrogens is 3. The molecule has 1 heterocycles. The summed E-state index contributed by atoms with van der Waals surface area (Å²) in [6.07, 6.45) is 3.43. The molecule has 14 heavy (non-hydrogen) atoms. The number of nitrogens with zero attached hydrogens (tertiary/aromatic N) is 3. The maximum absolute atomic E-state index is 6.09. The molecule has 0 aliphatic rings. The van der Waals surface area contributed by atoms with Gasteiger partial charge in [-0.15, -0.1) is 5.10 Å². The largest absolute Gasteiger partial charge is 0.385 e. The van der Waals surface area contributed by atoms with Crippen LogP contribution in [0.25, 0.3) is 0 Å². The van der Waals surface area contributed by atoms with Crippen molar-refractivity contribution in [2.24, 2.45) is 12.8 Å². The van der Waals surface area contributed by atoms with Gasteiger partial charge in [-0.1, -0.05) is 5.21 Å². The summed E-state index contributed by atoms with van der Waals surface area (Å²) in [4.78, 5) is 0. The molecule has 80 valence electrons. The van der Waals surface area contributed by atoms with E-state index >= 15 is 0 Å². The van der Waals surface area contributed by atoms with Crippen molar-refractivity contribution >= 4 is 0 Å². The van der Waals surface area contributed by atoms with Crippen LogP contribution >= 0.6 is 0 Å². The Balaban J connectivity index is 2.49. The molecule has 0 radical (unpaired) electrons. The number of hydrogen-bond acceptors (Lipinski definition) is 4. The monoisotopic (exact) mass is 198 g/mol. The Morgan fingerprint density at radius 1 is 1.64 bits per heavy atom. The molecular formula is C9H18N4O. The summed E-state index contributed by atoms with van der Waals surface area (Å²) in [5.41, 5.74) is 6.74. The molecule has 0 aliphatic heterocycles. The first kappa shape index (κ1) is 11.1. The van der Waals surface area contributed by atoms with Crippen molar-refractivity contribution in [3.05, 3.63) is 11.9 Å². The number of hydrogen-bond donors (Lipinski definition) is 1. The molecule has 0 saturated heterocycles. The predicted molar refractivity (Wildman–Crippen MR) is 53.8 cm³/mol. The molecule has 0 aromatic carbocycles. The standard InChI is InChI=1S/C9H18N4O/c1-9(10,4-5-14-3)6-8-7-13(2)12-11-8/h7H,4-6,10H2,1-3H3. The van der Waals surface area contributed by atoms with Crippen LogP contribution in [0.4, 0.5) is 0 Å². The first-order valence-corrected chi connectivity index (χ1v) is 4.66. The maximum Gasteiger partial charge on any atom is 0.0845 e. The second-order valence-corrected chi connectivity index (χ2v) is 3.96. The summed E-state index contributed by atoms with van der Waals surface area (Å²) in [5.74, 6) is 0. The number of rotatable bonds is 5. The third-order valence-electron chi connectivity index (χ3n) is 2.11. The van der Waals surface area contributed by atoms with Gasteiger partial charge in [0.05, 0.1) is 5.69 Å². The highest BCUT2D eigenvalue weighted by Crippen LogP contribution is 2.12. The van der Waals surface area contributed by atoms with E-state index in [0.717, 1.165) is 18.5 Å². The highest BCUT2D eigenvalue weighted by molar-refractivity contribution is 4.99. The summed E-state index contributed by atoms with van der Waals surface area (Å²) < 4.78 is 6.68. The summed E-state index contributed by atoms with van der Waals surface area (Å²) >= 11 is 0. The topological polar surface area (TPSA) is 66.0 Å². The van der Waals surface area contributed by atoms with Crippen LogP contribution in [0.2, 0.25) is 0 Å². The second-order valence-electron chi connectivity index (χ2n) is 3.96. The average molecular weight is 198 g/mol. The van der Waals surface area contributed by atoms with Crippen molar-refractivity contribution < 1.29 is 4.74 Å². The van der Waals surface area contributed by atoms with Gasteiger partial charge in [0.2, 0.25) is 0 Å². The van der Waals surface area contributed by atoms with Crippen LogP contribution in [0.3, 0.4) is 0 Å². The van der Waals surface area contributed by atoms with Crippen LogP contribution in [0, 0.1) is 0 Å². The molecule has 5 heteroatoms. The van der Waals surface area contributed by atoms with Gasteiger partial charge in [0.25, 0.3) is 0 Å². The molecule has 1 rings (SSSR count). The molecule has 0 aliphatic carbocycles. The van der Waals surface area contributed by atoms with Crippen molar-refractivity contribution in [3.63, 3.8) is 0 Å². The van der Waals surface area contributed by atoms with E-state index < -0.39 is 0 Å². The van der Waals surface area contributed by atoms with Gasteiger partial charge < -0.3 is 10.5 Å². The van der Waals surface area contributed by atoms with E-state index in [0.29, 0.717) is 6.61 Å². The Labute approximate surface area is 84.2 Å². The summed E-state index contributed by atoms with van der Waals surface area (Å²) in [6.45, 7) is 2.67. The molecule has 0 bridgehead atoms. The average Bonchev–Trinajstić information content (AvgIpc) is 2.47. The van der Waals surface area contributed by atoms with E-state index in [9.17, 15) is 0 Å². The van der Waals surface area contributed by atoms with Crippen LogP contribution in [-0.4, -0.2) is 34.2 Å². The van der Waals surface area contributed by atoms with Gasteiger partial charge in [-0.25, -0.2) is 0 Å². The van der Waals surface area contributed by atoms with Gasteiger partial charge in [0.15, 0.2) is 0 Å². The third-order valence-corrected chi connectivity index (χ3v) is 2.11. The van der Waals surface area contributed by atoms with Crippen LogP contribution in [-0.2, 0) is 18.2 Å². The lowest BCUT2D eigenvalue weighted by atomic mass is 9.94. The van der Waals surface area contributed by atoms with Gasteiger partial charge in [-0.2, -0.15) is 0 Å². The van der Waals surface area contributed by atoms with E-state index in [1.165, 1.54) is 0 Å². The first-order chi connectivity index (χ1) is 6.53. The van der Waals surface area contributed by atoms with Crippen LogP contribution in [0.15, 0.2) is 6.20 Å². The molecule has 0 saturated carbocycles. The molecule has 0 amide bonds. The van der Waals surface area contributed by atoms with Gasteiger partial charge in [0, 0.05) is 38.9 Å². The minimum Gasteiger partial charge on any atom is -0.385 e. The molecule has 1 aromatic heterocycles. The molecule has 2 N–H and O–H groups in total. The van der Waals surface area contributed by atoms with E-state index in [-0.39, 0.29) is 5.54 Å². The second kappa shape index (κ2) is 4.52. The van der Waals surface area contributed by atoms with E-state index in [1.807, 2.05) is 20.2 Å². The Hall–Kier alpha value is -0.940. The quantitative estimate of drug-likeness (QED) is 0.729. The molecule has 1 aromatic rings. The van der Waals surface area contributed by atoms with E-state index in [4.69, 9.17) is 10.5 Å². The van der Waals surface area contributed by atoms with Crippen LogP contribution in [0.1, 0.15) is 19.0 Å². The Bertz CT molecular complexity index is 282. The third kappa shape index (κ3) is 3.43. The number of methoxy groups -OCH3 is 1. The van der Waals surface area contributed by atoms with Crippen molar-refractivity contribution in [1.82, 2.24) is 15.0 Å². The highest BCUT2D eigenvalue weighted by atomic mass is 16.5. The lowest BCUT2D eigenvalue weighted by Crippen LogP contribution is -2.39.